The molecule has 1 saturated heterocycles. The van der Waals surface area contributed by atoms with Crippen LogP contribution in [0.5, 0.6) is 0 Å². The van der Waals surface area contributed by atoms with Crippen LogP contribution < -0.4 is 4.90 Å². The van der Waals surface area contributed by atoms with Gasteiger partial charge in [0.05, 0.1) is 11.9 Å². The molecule has 1 fully saturated rings. The SMILES string of the molecule is c1cnc(N2CCC(c3[nH]nc4nccnc34)CC2)cn1. The molecule has 1 aliphatic rings. The van der Waals surface area contributed by atoms with E-state index in [0.29, 0.717) is 11.6 Å². The quantitative estimate of drug-likeness (QED) is 0.767. The Balaban J connectivity index is 1.53. The molecule has 7 heteroatoms. The molecule has 0 spiro atoms. The molecular formula is C14H15N7. The number of nitrogens with zero attached hydrogens (tertiary/aromatic N) is 6. The third-order valence-corrected chi connectivity index (χ3v) is 3.99. The highest BCUT2D eigenvalue weighted by Gasteiger charge is 2.25. The lowest BCUT2D eigenvalue weighted by molar-refractivity contribution is 0.494. The average Bonchev–Trinajstić information content (AvgIpc) is 3.00. The van der Waals surface area contributed by atoms with E-state index in [9.17, 15) is 0 Å². The summed E-state index contributed by atoms with van der Waals surface area (Å²) in [7, 11) is 0. The Morgan fingerprint density at radius 1 is 1.00 bits per heavy atom. The first-order valence-corrected chi connectivity index (χ1v) is 7.08. The summed E-state index contributed by atoms with van der Waals surface area (Å²) in [5.74, 6) is 1.39. The van der Waals surface area contributed by atoms with E-state index in [1.165, 1.54) is 0 Å². The van der Waals surface area contributed by atoms with Gasteiger partial charge < -0.3 is 4.90 Å². The molecule has 1 N–H and O–H groups in total. The van der Waals surface area contributed by atoms with Gasteiger partial charge in [-0.25, -0.2) is 15.0 Å². The van der Waals surface area contributed by atoms with Crippen LogP contribution >= 0.6 is 0 Å². The van der Waals surface area contributed by atoms with E-state index in [2.05, 4.69) is 35.0 Å². The van der Waals surface area contributed by atoms with Crippen molar-refractivity contribution in [3.8, 4) is 0 Å². The zero-order chi connectivity index (χ0) is 14.1. The lowest BCUT2D eigenvalue weighted by Gasteiger charge is -2.31. The first-order chi connectivity index (χ1) is 10.4. The van der Waals surface area contributed by atoms with Crippen LogP contribution in [0.3, 0.4) is 0 Å². The molecule has 4 rings (SSSR count). The largest absolute Gasteiger partial charge is 0.355 e. The molecule has 7 nitrogen and oxygen atoms in total. The van der Waals surface area contributed by atoms with Crippen LogP contribution in [0.25, 0.3) is 11.2 Å². The number of aromatic amines is 1. The lowest BCUT2D eigenvalue weighted by atomic mass is 9.93. The third kappa shape index (κ3) is 2.20. The Kier molecular flexibility index (Phi) is 2.95. The summed E-state index contributed by atoms with van der Waals surface area (Å²) in [4.78, 5) is 19.4. The molecule has 0 atom stereocenters. The fraction of sp³-hybridized carbons (Fsp3) is 0.357. The van der Waals surface area contributed by atoms with Gasteiger partial charge in [0.15, 0.2) is 5.65 Å². The van der Waals surface area contributed by atoms with E-state index in [1.807, 2.05) is 6.20 Å². The summed E-state index contributed by atoms with van der Waals surface area (Å²) in [5.41, 5.74) is 2.70. The van der Waals surface area contributed by atoms with Gasteiger partial charge in [-0.3, -0.25) is 10.1 Å². The first kappa shape index (κ1) is 12.2. The van der Waals surface area contributed by atoms with Crippen molar-refractivity contribution < 1.29 is 0 Å². The maximum absolute atomic E-state index is 4.40. The summed E-state index contributed by atoms with van der Waals surface area (Å²) in [6.07, 6.45) is 10.7. The molecule has 3 aromatic rings. The molecule has 0 saturated carbocycles. The Morgan fingerprint density at radius 3 is 2.62 bits per heavy atom. The monoisotopic (exact) mass is 281 g/mol. The minimum atomic E-state index is 0.444. The summed E-state index contributed by atoms with van der Waals surface area (Å²) >= 11 is 0. The highest BCUT2D eigenvalue weighted by molar-refractivity contribution is 5.72. The van der Waals surface area contributed by atoms with Crippen molar-refractivity contribution >= 4 is 17.0 Å². The average molecular weight is 281 g/mol. The Bertz CT molecular complexity index is 731. The van der Waals surface area contributed by atoms with Gasteiger partial charge in [0.1, 0.15) is 11.3 Å². The summed E-state index contributed by atoms with van der Waals surface area (Å²) in [6.45, 7) is 1.92. The van der Waals surface area contributed by atoms with Crippen molar-refractivity contribution in [2.24, 2.45) is 0 Å². The second kappa shape index (κ2) is 5.08. The summed E-state index contributed by atoms with van der Waals surface area (Å²) in [5, 5.41) is 7.35. The Hall–Kier alpha value is -2.57. The van der Waals surface area contributed by atoms with Crippen molar-refractivity contribution in [1.29, 1.82) is 0 Å². The van der Waals surface area contributed by atoms with Crippen molar-refractivity contribution in [3.63, 3.8) is 0 Å². The number of nitrogens with one attached hydrogen (secondary N) is 1. The highest BCUT2D eigenvalue weighted by atomic mass is 15.2. The van der Waals surface area contributed by atoms with E-state index >= 15 is 0 Å². The minimum Gasteiger partial charge on any atom is -0.355 e. The topological polar surface area (TPSA) is 83.5 Å². The molecule has 1 aliphatic heterocycles. The van der Waals surface area contributed by atoms with Gasteiger partial charge in [-0.15, -0.1) is 0 Å². The first-order valence-electron chi connectivity index (χ1n) is 7.08. The molecule has 0 aliphatic carbocycles. The van der Waals surface area contributed by atoms with Crippen molar-refractivity contribution in [2.45, 2.75) is 18.8 Å². The van der Waals surface area contributed by atoms with Crippen LogP contribution in [0.2, 0.25) is 0 Å². The lowest BCUT2D eigenvalue weighted by Crippen LogP contribution is -2.33. The second-order valence-corrected chi connectivity index (χ2v) is 5.19. The predicted molar refractivity (Wildman–Crippen MR) is 77.9 cm³/mol. The number of fused-ring (bicyclic) bond motifs is 1. The number of piperidine rings is 1. The fourth-order valence-corrected chi connectivity index (χ4v) is 2.91. The van der Waals surface area contributed by atoms with Gasteiger partial charge in [-0.05, 0) is 12.8 Å². The minimum absolute atomic E-state index is 0.444. The highest BCUT2D eigenvalue weighted by Crippen LogP contribution is 2.31. The van der Waals surface area contributed by atoms with Gasteiger partial charge in [0, 0.05) is 43.8 Å². The van der Waals surface area contributed by atoms with Crippen molar-refractivity contribution in [3.05, 3.63) is 36.7 Å². The molecule has 0 radical (unpaired) electrons. The summed E-state index contributed by atoms with van der Waals surface area (Å²) in [6, 6.07) is 0. The maximum Gasteiger partial charge on any atom is 0.199 e. The molecule has 0 aromatic carbocycles. The van der Waals surface area contributed by atoms with Gasteiger partial charge in [-0.1, -0.05) is 0 Å². The van der Waals surface area contributed by atoms with Gasteiger partial charge in [-0.2, -0.15) is 5.10 Å². The molecule has 0 amide bonds. The molecular weight excluding hydrogens is 266 g/mol. The van der Waals surface area contributed by atoms with Gasteiger partial charge in [0.25, 0.3) is 0 Å². The van der Waals surface area contributed by atoms with Crippen LogP contribution in [0.1, 0.15) is 24.5 Å². The van der Waals surface area contributed by atoms with Crippen LogP contribution in [-0.4, -0.2) is 43.2 Å². The van der Waals surface area contributed by atoms with Crippen LogP contribution in [0.4, 0.5) is 5.82 Å². The molecule has 0 bridgehead atoms. The summed E-state index contributed by atoms with van der Waals surface area (Å²) < 4.78 is 0. The number of rotatable bonds is 2. The molecule has 0 unspecified atom stereocenters. The van der Waals surface area contributed by atoms with Gasteiger partial charge >= 0.3 is 0 Å². The Morgan fingerprint density at radius 2 is 1.81 bits per heavy atom. The fourth-order valence-electron chi connectivity index (χ4n) is 2.91. The van der Waals surface area contributed by atoms with Crippen molar-refractivity contribution in [1.82, 2.24) is 30.1 Å². The number of anilines is 1. The van der Waals surface area contributed by atoms with E-state index in [-0.39, 0.29) is 0 Å². The van der Waals surface area contributed by atoms with Crippen LogP contribution in [0, 0.1) is 0 Å². The molecule has 3 aromatic heterocycles. The maximum atomic E-state index is 4.40. The van der Waals surface area contributed by atoms with E-state index in [4.69, 9.17) is 0 Å². The van der Waals surface area contributed by atoms with Crippen LogP contribution in [0.15, 0.2) is 31.0 Å². The third-order valence-electron chi connectivity index (χ3n) is 3.99. The van der Waals surface area contributed by atoms with Gasteiger partial charge in [0.2, 0.25) is 0 Å². The molecule has 106 valence electrons. The van der Waals surface area contributed by atoms with E-state index < -0.39 is 0 Å². The standard InChI is InChI=1S/C14H15N7/c1-7-21(11-9-15-3-4-16-11)8-2-10(1)12-13-14(20-19-12)18-6-5-17-13/h3-6,9-10H,1-2,7-8H2,(H,18,19,20). The molecule has 21 heavy (non-hydrogen) atoms. The predicted octanol–water partition coefficient (Wildman–Crippen LogP) is 1.53. The van der Waals surface area contributed by atoms with Crippen LogP contribution in [-0.2, 0) is 0 Å². The number of hydrogen-bond acceptors (Lipinski definition) is 6. The van der Waals surface area contributed by atoms with Crippen molar-refractivity contribution in [2.75, 3.05) is 18.0 Å². The van der Waals surface area contributed by atoms with E-state index in [1.54, 1.807) is 24.8 Å². The zero-order valence-corrected chi connectivity index (χ0v) is 11.5. The second-order valence-electron chi connectivity index (χ2n) is 5.19. The number of aromatic nitrogens is 6. The van der Waals surface area contributed by atoms with E-state index in [0.717, 1.165) is 43.0 Å². The smallest absolute Gasteiger partial charge is 0.199 e. The molecule has 4 heterocycles. The normalized spacial score (nSPS) is 16.5. The zero-order valence-electron chi connectivity index (χ0n) is 11.5. The number of hydrogen-bond donors (Lipinski definition) is 1. The number of H-pyrrole nitrogens is 1. The Labute approximate surface area is 121 Å².